The number of halogens is 1. The summed E-state index contributed by atoms with van der Waals surface area (Å²) in [5.74, 6) is 3.07. The molecule has 72 valence electrons. The first-order chi connectivity index (χ1) is 6.88. The molecule has 1 nitrogen and oxygen atoms in total. The minimum Gasteiger partial charge on any atom is -0.504 e. The Morgan fingerprint density at radius 1 is 1.43 bits per heavy atom. The maximum atomic E-state index is 4.87. The first kappa shape index (κ1) is 11.5. The van der Waals surface area contributed by atoms with Crippen molar-refractivity contribution in [2.75, 3.05) is 7.11 Å². The Labute approximate surface area is 101 Å². The number of benzene rings is 1. The minimum absolute atomic E-state index is 1.02. The molecule has 0 fully saturated rings. The van der Waals surface area contributed by atoms with Gasteiger partial charge in [0.05, 0.1) is 13.4 Å². The van der Waals surface area contributed by atoms with Crippen LogP contribution in [-0.2, 0) is 4.74 Å². The second kappa shape index (κ2) is 6.80. The van der Waals surface area contributed by atoms with Crippen LogP contribution in [0.3, 0.4) is 0 Å². The Kier molecular flexibility index (Phi) is 5.57. The SMILES string of the molecule is CO/C=C/c1ccccc1C#CSI. The third-order valence-corrected chi connectivity index (χ3v) is 2.41. The van der Waals surface area contributed by atoms with Crippen LogP contribution in [0.2, 0.25) is 0 Å². The second-order valence-corrected chi connectivity index (χ2v) is 4.11. The third kappa shape index (κ3) is 3.64. The van der Waals surface area contributed by atoms with Crippen molar-refractivity contribution in [1.82, 2.24) is 0 Å². The van der Waals surface area contributed by atoms with E-state index in [2.05, 4.69) is 32.4 Å². The first-order valence-corrected chi connectivity index (χ1v) is 7.31. The lowest BCUT2D eigenvalue weighted by Gasteiger charge is -1.96. The topological polar surface area (TPSA) is 9.23 Å². The summed E-state index contributed by atoms with van der Waals surface area (Å²) in [7, 11) is 3.11. The van der Waals surface area contributed by atoms with Crippen LogP contribution in [0.4, 0.5) is 0 Å². The van der Waals surface area contributed by atoms with Crippen molar-refractivity contribution < 1.29 is 4.74 Å². The van der Waals surface area contributed by atoms with Gasteiger partial charge in [-0.2, -0.15) is 0 Å². The lowest BCUT2D eigenvalue weighted by atomic mass is 10.1. The second-order valence-electron chi connectivity index (χ2n) is 2.43. The van der Waals surface area contributed by atoms with Gasteiger partial charge in [-0.3, -0.25) is 0 Å². The zero-order valence-electron chi connectivity index (χ0n) is 7.66. The van der Waals surface area contributed by atoms with Crippen LogP contribution in [0.1, 0.15) is 11.1 Å². The largest absolute Gasteiger partial charge is 0.504 e. The van der Waals surface area contributed by atoms with Gasteiger partial charge in [0.25, 0.3) is 0 Å². The number of hydrogen-bond acceptors (Lipinski definition) is 2. The van der Waals surface area contributed by atoms with Crippen LogP contribution in [0.5, 0.6) is 0 Å². The number of ether oxygens (including phenoxy) is 1. The molecule has 3 heteroatoms. The summed E-state index contributed by atoms with van der Waals surface area (Å²) in [5.41, 5.74) is 2.09. The average molecular weight is 316 g/mol. The van der Waals surface area contributed by atoms with Gasteiger partial charge in [0.15, 0.2) is 0 Å². The fourth-order valence-electron chi connectivity index (χ4n) is 0.972. The van der Waals surface area contributed by atoms with E-state index in [0.29, 0.717) is 0 Å². The quantitative estimate of drug-likeness (QED) is 0.467. The van der Waals surface area contributed by atoms with Gasteiger partial charge in [-0.1, -0.05) is 24.1 Å². The molecule has 0 saturated carbocycles. The molecule has 0 heterocycles. The molecule has 0 saturated heterocycles. The van der Waals surface area contributed by atoms with Gasteiger partial charge < -0.3 is 4.74 Å². The molecule has 0 spiro atoms. The predicted molar refractivity (Wildman–Crippen MR) is 71.0 cm³/mol. The summed E-state index contributed by atoms with van der Waals surface area (Å²) in [6.45, 7) is 0. The lowest BCUT2D eigenvalue weighted by Crippen LogP contribution is -1.80. The van der Waals surface area contributed by atoms with Crippen LogP contribution >= 0.6 is 30.1 Å². The van der Waals surface area contributed by atoms with Crippen LogP contribution in [0.25, 0.3) is 6.08 Å². The number of rotatable bonds is 2. The van der Waals surface area contributed by atoms with Crippen molar-refractivity contribution in [1.29, 1.82) is 0 Å². The highest BCUT2D eigenvalue weighted by molar-refractivity contribution is 14.2. The van der Waals surface area contributed by atoms with E-state index in [9.17, 15) is 0 Å². The van der Waals surface area contributed by atoms with Crippen molar-refractivity contribution in [3.05, 3.63) is 41.7 Å². The average Bonchev–Trinajstić information content (AvgIpc) is 2.24. The Hall–Kier alpha value is -0.600. The maximum absolute atomic E-state index is 4.87. The summed E-state index contributed by atoms with van der Waals surface area (Å²) in [6.07, 6.45) is 3.56. The van der Waals surface area contributed by atoms with Crippen molar-refractivity contribution >= 4 is 36.2 Å². The molecule has 0 bridgehead atoms. The lowest BCUT2D eigenvalue weighted by molar-refractivity contribution is 0.341. The third-order valence-electron chi connectivity index (χ3n) is 1.57. The molecule has 0 aliphatic carbocycles. The Morgan fingerprint density at radius 2 is 2.21 bits per heavy atom. The van der Waals surface area contributed by atoms with E-state index in [4.69, 9.17) is 4.74 Å². The molecule has 0 aliphatic rings. The molecular weight excluding hydrogens is 307 g/mol. The maximum Gasteiger partial charge on any atom is 0.0831 e. The van der Waals surface area contributed by atoms with Gasteiger partial charge in [0.1, 0.15) is 0 Å². The molecule has 1 aromatic rings. The fraction of sp³-hybridized carbons (Fsp3) is 0.0909. The van der Waals surface area contributed by atoms with Gasteiger partial charge in [-0.25, -0.2) is 0 Å². The Morgan fingerprint density at radius 3 is 2.93 bits per heavy atom. The van der Waals surface area contributed by atoms with E-state index in [1.54, 1.807) is 13.4 Å². The van der Waals surface area contributed by atoms with Gasteiger partial charge in [-0.15, -0.1) is 0 Å². The summed E-state index contributed by atoms with van der Waals surface area (Å²) < 4.78 is 4.87. The molecule has 0 N–H and O–H groups in total. The van der Waals surface area contributed by atoms with Crippen molar-refractivity contribution in [2.24, 2.45) is 0 Å². The normalized spacial score (nSPS) is 9.57. The highest BCUT2D eigenvalue weighted by Gasteiger charge is 1.93. The fourth-order valence-corrected chi connectivity index (χ4v) is 1.45. The van der Waals surface area contributed by atoms with Gasteiger partial charge in [0, 0.05) is 26.8 Å². The van der Waals surface area contributed by atoms with E-state index in [1.807, 2.05) is 30.3 Å². The molecular formula is C11H9IOS. The molecule has 0 aliphatic heterocycles. The molecule has 14 heavy (non-hydrogen) atoms. The number of hydrogen-bond donors (Lipinski definition) is 0. The number of methoxy groups -OCH3 is 1. The van der Waals surface area contributed by atoms with E-state index < -0.39 is 0 Å². The van der Waals surface area contributed by atoms with Crippen molar-refractivity contribution in [2.45, 2.75) is 0 Å². The van der Waals surface area contributed by atoms with Crippen LogP contribution in [0.15, 0.2) is 30.5 Å². The van der Waals surface area contributed by atoms with E-state index in [1.165, 1.54) is 8.93 Å². The van der Waals surface area contributed by atoms with Crippen LogP contribution < -0.4 is 0 Å². The summed E-state index contributed by atoms with van der Waals surface area (Å²) >= 11 is 2.16. The van der Waals surface area contributed by atoms with E-state index in [-0.39, 0.29) is 0 Å². The first-order valence-electron chi connectivity index (χ1n) is 3.95. The monoisotopic (exact) mass is 316 g/mol. The molecule has 0 unspecified atom stereocenters. The Bertz CT molecular complexity index is 376. The standard InChI is InChI=1S/C11H9IOS/c1-13-8-6-10-4-2-3-5-11(10)7-9-14-12/h2-6,8H,1H3/b8-6+. The summed E-state index contributed by atoms with van der Waals surface area (Å²) in [6, 6.07) is 7.97. The van der Waals surface area contributed by atoms with E-state index in [0.717, 1.165) is 11.1 Å². The van der Waals surface area contributed by atoms with E-state index >= 15 is 0 Å². The van der Waals surface area contributed by atoms with Crippen LogP contribution in [-0.4, -0.2) is 7.11 Å². The zero-order valence-corrected chi connectivity index (χ0v) is 10.6. The molecule has 0 atom stereocenters. The van der Waals surface area contributed by atoms with Crippen LogP contribution in [0, 0.1) is 11.2 Å². The Balaban J connectivity index is 2.97. The molecule has 0 aromatic heterocycles. The van der Waals surface area contributed by atoms with Gasteiger partial charge >= 0.3 is 0 Å². The van der Waals surface area contributed by atoms with Gasteiger partial charge in [-0.05, 0) is 31.9 Å². The molecule has 0 radical (unpaired) electrons. The van der Waals surface area contributed by atoms with Crippen molar-refractivity contribution in [3.63, 3.8) is 0 Å². The van der Waals surface area contributed by atoms with Crippen molar-refractivity contribution in [3.8, 4) is 11.2 Å². The minimum atomic E-state index is 1.02. The molecule has 0 amide bonds. The summed E-state index contributed by atoms with van der Waals surface area (Å²) in [4.78, 5) is 0. The highest BCUT2D eigenvalue weighted by Crippen LogP contribution is 2.12. The molecule has 1 rings (SSSR count). The zero-order chi connectivity index (χ0) is 10.2. The highest BCUT2D eigenvalue weighted by atomic mass is 127. The predicted octanol–water partition coefficient (Wildman–Crippen LogP) is 3.70. The molecule has 1 aromatic carbocycles. The summed E-state index contributed by atoms with van der Waals surface area (Å²) in [5, 5.41) is 2.96. The smallest absolute Gasteiger partial charge is 0.0831 e. The van der Waals surface area contributed by atoms with Gasteiger partial charge in [0.2, 0.25) is 0 Å².